The van der Waals surface area contributed by atoms with Crippen LogP contribution < -0.4 is 20.9 Å². The highest BCUT2D eigenvalue weighted by Crippen LogP contribution is 2.29. The van der Waals surface area contributed by atoms with Crippen molar-refractivity contribution < 1.29 is 4.74 Å². The summed E-state index contributed by atoms with van der Waals surface area (Å²) in [5.74, 6) is 1.88. The predicted molar refractivity (Wildman–Crippen MR) is 125 cm³/mol. The number of hydrogen-bond acceptors (Lipinski definition) is 6. The second-order valence-electron chi connectivity index (χ2n) is 9.08. The van der Waals surface area contributed by atoms with Crippen LogP contribution in [0.5, 0.6) is 0 Å². The van der Waals surface area contributed by atoms with E-state index in [1.807, 2.05) is 0 Å². The molecular weight excluding hydrogens is 396 g/mol. The predicted octanol–water partition coefficient (Wildman–Crippen LogP) is 2.79. The van der Waals surface area contributed by atoms with Crippen molar-refractivity contribution in [3.63, 3.8) is 0 Å². The molecule has 1 atom stereocenters. The number of fused-ring (bicyclic) bond motifs is 1. The van der Waals surface area contributed by atoms with Crippen molar-refractivity contribution in [3.05, 3.63) is 11.3 Å². The second-order valence-corrected chi connectivity index (χ2v) is 9.49. The lowest BCUT2D eigenvalue weighted by atomic mass is 9.91. The lowest BCUT2D eigenvalue weighted by Gasteiger charge is -2.31. The van der Waals surface area contributed by atoms with Gasteiger partial charge in [-0.15, -0.1) is 0 Å². The monoisotopic (exact) mass is 432 g/mol. The summed E-state index contributed by atoms with van der Waals surface area (Å²) in [5, 5.41) is 11.2. The molecule has 3 aliphatic rings. The van der Waals surface area contributed by atoms with Crippen molar-refractivity contribution >= 4 is 29.1 Å². The Morgan fingerprint density at radius 1 is 1.03 bits per heavy atom. The number of aryl methyl sites for hydroxylation is 1. The van der Waals surface area contributed by atoms with Crippen molar-refractivity contribution in [3.8, 4) is 0 Å². The first-order chi connectivity index (χ1) is 14.6. The third-order valence-corrected chi connectivity index (χ3v) is 6.76. The van der Waals surface area contributed by atoms with E-state index in [0.29, 0.717) is 18.2 Å². The maximum absolute atomic E-state index is 5.65. The zero-order valence-electron chi connectivity index (χ0n) is 18.4. The van der Waals surface area contributed by atoms with Crippen molar-refractivity contribution in [2.45, 2.75) is 82.4 Å². The van der Waals surface area contributed by atoms with E-state index in [2.05, 4.69) is 34.9 Å². The van der Waals surface area contributed by atoms with E-state index in [1.54, 1.807) is 0 Å². The Bertz CT molecular complexity index is 729. The maximum atomic E-state index is 5.65. The number of rotatable bonds is 6. The summed E-state index contributed by atoms with van der Waals surface area (Å²) in [4.78, 5) is 11.9. The average molecular weight is 433 g/mol. The average Bonchev–Trinajstić information content (AvgIpc) is 3.27. The number of anilines is 2. The summed E-state index contributed by atoms with van der Waals surface area (Å²) < 4.78 is 5.65. The highest BCUT2D eigenvalue weighted by molar-refractivity contribution is 7.80. The van der Waals surface area contributed by atoms with Crippen LogP contribution in [0.15, 0.2) is 0 Å². The zero-order chi connectivity index (χ0) is 20.9. The van der Waals surface area contributed by atoms with Gasteiger partial charge < -0.3 is 25.6 Å². The van der Waals surface area contributed by atoms with Crippen LogP contribution >= 0.6 is 12.2 Å². The molecule has 0 spiro atoms. The molecule has 2 fully saturated rings. The molecule has 1 saturated carbocycles. The lowest BCUT2D eigenvalue weighted by Crippen LogP contribution is -2.46. The van der Waals surface area contributed by atoms with Gasteiger partial charge in [0.15, 0.2) is 5.11 Å². The van der Waals surface area contributed by atoms with Crippen LogP contribution in [-0.2, 0) is 17.6 Å². The topological polar surface area (TPSA) is 74.3 Å². The van der Waals surface area contributed by atoms with Gasteiger partial charge in [-0.3, -0.25) is 0 Å². The molecule has 8 heteroatoms. The van der Waals surface area contributed by atoms with E-state index in [9.17, 15) is 0 Å². The Hall–Kier alpha value is -1.67. The van der Waals surface area contributed by atoms with Gasteiger partial charge in [0.05, 0.1) is 11.8 Å². The molecule has 1 aromatic rings. The van der Waals surface area contributed by atoms with Gasteiger partial charge in [-0.2, -0.15) is 4.98 Å². The summed E-state index contributed by atoms with van der Waals surface area (Å²) >= 11 is 5.48. The Balaban J connectivity index is 1.25. The molecule has 30 heavy (non-hydrogen) atoms. The van der Waals surface area contributed by atoms with Crippen LogP contribution in [0.4, 0.5) is 11.8 Å². The molecule has 2 heterocycles. The first-order valence-corrected chi connectivity index (χ1v) is 12.0. The van der Waals surface area contributed by atoms with Gasteiger partial charge in [0, 0.05) is 44.9 Å². The maximum Gasteiger partial charge on any atom is 0.225 e. The van der Waals surface area contributed by atoms with Crippen molar-refractivity contribution in [1.29, 1.82) is 0 Å². The molecule has 0 radical (unpaired) electrons. The van der Waals surface area contributed by atoms with Crippen LogP contribution in [0.2, 0.25) is 0 Å². The molecule has 1 unspecified atom stereocenters. The van der Waals surface area contributed by atoms with Crippen LogP contribution in [0.25, 0.3) is 0 Å². The van der Waals surface area contributed by atoms with E-state index in [-0.39, 0.29) is 0 Å². The molecule has 1 saturated heterocycles. The first-order valence-electron chi connectivity index (χ1n) is 11.6. The van der Waals surface area contributed by atoms with E-state index in [4.69, 9.17) is 26.9 Å². The van der Waals surface area contributed by atoms with Crippen LogP contribution in [0.1, 0.15) is 62.6 Å². The van der Waals surface area contributed by atoms with Gasteiger partial charge in [-0.05, 0) is 76.4 Å². The Morgan fingerprint density at radius 3 is 2.53 bits per heavy atom. The number of nitrogens with zero attached hydrogens (tertiary/aromatic N) is 3. The SMILES string of the molecule is CN(C)c1nc(NC2CCC(NC(=S)NCC3CCCO3)CC2)nc2c1CCCC2. The molecule has 0 amide bonds. The van der Waals surface area contributed by atoms with Gasteiger partial charge in [-0.25, -0.2) is 4.98 Å². The summed E-state index contributed by atoms with van der Waals surface area (Å²) in [5.41, 5.74) is 2.58. The van der Waals surface area contributed by atoms with Crippen LogP contribution in [0.3, 0.4) is 0 Å². The summed E-state index contributed by atoms with van der Waals surface area (Å²) in [7, 11) is 4.15. The number of nitrogens with one attached hydrogen (secondary N) is 3. The minimum atomic E-state index is 0.313. The molecular formula is C22H36N6OS. The van der Waals surface area contributed by atoms with Crippen molar-refractivity contribution in [1.82, 2.24) is 20.6 Å². The first kappa shape index (κ1) is 21.6. The third kappa shape index (κ3) is 5.52. The van der Waals surface area contributed by atoms with Crippen molar-refractivity contribution in [2.75, 3.05) is 37.5 Å². The molecule has 166 valence electrons. The zero-order valence-corrected chi connectivity index (χ0v) is 19.2. The molecule has 3 N–H and O–H groups in total. The number of thiocarbonyl (C=S) groups is 1. The third-order valence-electron chi connectivity index (χ3n) is 6.49. The minimum absolute atomic E-state index is 0.313. The number of ether oxygens (including phenoxy) is 1. The molecule has 1 aliphatic heterocycles. The molecule has 0 aromatic carbocycles. The van der Waals surface area contributed by atoms with E-state index in [0.717, 1.165) is 81.4 Å². The fourth-order valence-corrected chi connectivity index (χ4v) is 5.07. The van der Waals surface area contributed by atoms with Crippen LogP contribution in [-0.4, -0.2) is 60.5 Å². The van der Waals surface area contributed by atoms with Gasteiger partial charge >= 0.3 is 0 Å². The molecule has 7 nitrogen and oxygen atoms in total. The highest BCUT2D eigenvalue weighted by atomic mass is 32.1. The summed E-state index contributed by atoms with van der Waals surface area (Å²) in [6, 6.07) is 0.863. The Labute approximate surface area is 185 Å². The largest absolute Gasteiger partial charge is 0.376 e. The van der Waals surface area contributed by atoms with E-state index in [1.165, 1.54) is 24.1 Å². The van der Waals surface area contributed by atoms with Gasteiger partial charge in [0.2, 0.25) is 5.95 Å². The van der Waals surface area contributed by atoms with E-state index >= 15 is 0 Å². The smallest absolute Gasteiger partial charge is 0.225 e. The molecule has 2 aliphatic carbocycles. The van der Waals surface area contributed by atoms with Crippen molar-refractivity contribution in [2.24, 2.45) is 0 Å². The van der Waals surface area contributed by atoms with E-state index < -0.39 is 0 Å². The Kier molecular flexibility index (Phi) is 7.25. The quantitative estimate of drug-likeness (QED) is 0.593. The number of hydrogen-bond donors (Lipinski definition) is 3. The fraction of sp³-hybridized carbons (Fsp3) is 0.773. The summed E-state index contributed by atoms with van der Waals surface area (Å²) in [6.07, 6.45) is 11.7. The summed E-state index contributed by atoms with van der Waals surface area (Å²) in [6.45, 7) is 1.69. The molecule has 0 bridgehead atoms. The fourth-order valence-electron chi connectivity index (χ4n) is 4.82. The van der Waals surface area contributed by atoms with Crippen LogP contribution in [0, 0.1) is 0 Å². The lowest BCUT2D eigenvalue weighted by molar-refractivity contribution is 0.114. The Morgan fingerprint density at radius 2 is 1.80 bits per heavy atom. The second kappa shape index (κ2) is 10.1. The van der Waals surface area contributed by atoms with Gasteiger partial charge in [0.1, 0.15) is 5.82 Å². The number of aromatic nitrogens is 2. The van der Waals surface area contributed by atoms with Gasteiger partial charge in [0.25, 0.3) is 0 Å². The van der Waals surface area contributed by atoms with Gasteiger partial charge in [-0.1, -0.05) is 0 Å². The molecule has 4 rings (SSSR count). The molecule has 1 aromatic heterocycles. The highest BCUT2D eigenvalue weighted by Gasteiger charge is 2.24. The standard InChI is InChI=1S/C22H36N6OS/c1-28(2)20-18-7-3-4-8-19(18)26-21(27-20)24-15-9-11-16(12-10-15)25-22(30)23-14-17-6-5-13-29-17/h15-17H,3-14H2,1-2H3,(H2,23,25,30)(H,24,26,27). The minimum Gasteiger partial charge on any atom is -0.376 e. The normalized spacial score (nSPS) is 26.0.